The van der Waals surface area contributed by atoms with E-state index in [4.69, 9.17) is 0 Å². The summed E-state index contributed by atoms with van der Waals surface area (Å²) >= 11 is 0. The average Bonchev–Trinajstić information content (AvgIpc) is 2.96. The molecule has 0 unspecified atom stereocenters. The van der Waals surface area contributed by atoms with E-state index in [9.17, 15) is 9.59 Å². The fourth-order valence-electron chi connectivity index (χ4n) is 5.10. The van der Waals surface area contributed by atoms with Crippen LogP contribution in [0.1, 0.15) is 61.7 Å². The molecule has 0 aromatic heterocycles. The molecule has 2 heterocycles. The van der Waals surface area contributed by atoms with E-state index in [2.05, 4.69) is 10.6 Å². The summed E-state index contributed by atoms with van der Waals surface area (Å²) in [6.45, 7) is 3.45. The largest absolute Gasteiger partial charge is 0.339 e. The molecule has 2 aliphatic heterocycles. The van der Waals surface area contributed by atoms with Crippen molar-refractivity contribution in [1.29, 1.82) is 0 Å². The number of carbonyl (C=O) groups excluding carboxylic acids is 2. The van der Waals surface area contributed by atoms with Crippen molar-refractivity contribution in [2.24, 2.45) is 11.3 Å². The van der Waals surface area contributed by atoms with Gasteiger partial charge in [0.25, 0.3) is 5.91 Å². The molecule has 27 heavy (non-hydrogen) atoms. The van der Waals surface area contributed by atoms with Crippen molar-refractivity contribution in [3.05, 3.63) is 29.8 Å². The van der Waals surface area contributed by atoms with Crippen LogP contribution >= 0.6 is 0 Å². The number of amides is 2. The molecular weight excluding hydrogens is 338 g/mol. The molecule has 5 heteroatoms. The van der Waals surface area contributed by atoms with Gasteiger partial charge in [-0.05, 0) is 62.4 Å². The Kier molecular flexibility index (Phi) is 5.48. The molecule has 1 aromatic rings. The zero-order valence-corrected chi connectivity index (χ0v) is 16.1. The zero-order chi connectivity index (χ0) is 18.7. The minimum atomic E-state index is -0.251. The first kappa shape index (κ1) is 18.5. The lowest BCUT2D eigenvalue weighted by molar-refractivity contribution is -0.128. The zero-order valence-electron chi connectivity index (χ0n) is 16.1. The molecule has 2 amide bonds. The lowest BCUT2D eigenvalue weighted by Gasteiger charge is -2.37. The molecule has 0 bridgehead atoms. The molecule has 3 fully saturated rings. The highest BCUT2D eigenvalue weighted by Crippen LogP contribution is 2.44. The first-order valence-corrected chi connectivity index (χ1v) is 10.6. The molecule has 0 spiro atoms. The van der Waals surface area contributed by atoms with E-state index < -0.39 is 0 Å². The van der Waals surface area contributed by atoms with Crippen LogP contribution in [0.4, 0.5) is 5.69 Å². The summed E-state index contributed by atoms with van der Waals surface area (Å²) in [4.78, 5) is 27.7. The molecule has 4 rings (SSSR count). The van der Waals surface area contributed by atoms with Crippen LogP contribution in [0, 0.1) is 11.3 Å². The van der Waals surface area contributed by atoms with Crippen molar-refractivity contribution in [2.45, 2.75) is 51.4 Å². The third-order valence-electron chi connectivity index (χ3n) is 6.77. The normalized spacial score (nSPS) is 28.3. The maximum Gasteiger partial charge on any atom is 0.253 e. The predicted molar refractivity (Wildman–Crippen MR) is 107 cm³/mol. The molecule has 2 atom stereocenters. The molecule has 5 nitrogen and oxygen atoms in total. The van der Waals surface area contributed by atoms with E-state index >= 15 is 0 Å². The van der Waals surface area contributed by atoms with E-state index in [0.717, 1.165) is 64.0 Å². The Morgan fingerprint density at radius 1 is 1.00 bits per heavy atom. The van der Waals surface area contributed by atoms with Gasteiger partial charge in [0.05, 0.1) is 5.41 Å². The molecule has 1 saturated carbocycles. The Labute approximate surface area is 161 Å². The van der Waals surface area contributed by atoms with Gasteiger partial charge in [0.15, 0.2) is 0 Å². The third kappa shape index (κ3) is 3.75. The molecule has 3 aliphatic rings. The summed E-state index contributed by atoms with van der Waals surface area (Å²) in [7, 11) is 0. The van der Waals surface area contributed by atoms with Gasteiger partial charge in [-0.1, -0.05) is 25.7 Å². The van der Waals surface area contributed by atoms with Crippen molar-refractivity contribution in [3.8, 4) is 0 Å². The maximum absolute atomic E-state index is 13.0. The minimum absolute atomic E-state index is 0.112. The summed E-state index contributed by atoms with van der Waals surface area (Å²) < 4.78 is 0. The van der Waals surface area contributed by atoms with Gasteiger partial charge in [-0.15, -0.1) is 0 Å². The smallest absolute Gasteiger partial charge is 0.253 e. The number of anilines is 1. The second-order valence-corrected chi connectivity index (χ2v) is 8.47. The second kappa shape index (κ2) is 8.01. The standard InChI is InChI=1S/C22H31N3O2/c26-20(25-13-5-1-2-6-14-25)17-8-10-19(11-9-17)24-21(27)22-12-4-3-7-18(22)15-23-16-22/h8-11,18,23H,1-7,12-16H2,(H,24,27)/t18-,22+/m0/s1. The van der Waals surface area contributed by atoms with Crippen LogP contribution in [-0.4, -0.2) is 42.9 Å². The van der Waals surface area contributed by atoms with Gasteiger partial charge in [-0.25, -0.2) is 0 Å². The molecule has 2 saturated heterocycles. The van der Waals surface area contributed by atoms with Crippen LogP contribution in [0.3, 0.4) is 0 Å². The third-order valence-corrected chi connectivity index (χ3v) is 6.77. The van der Waals surface area contributed by atoms with Gasteiger partial charge in [0, 0.05) is 30.9 Å². The van der Waals surface area contributed by atoms with Crippen LogP contribution in [0.5, 0.6) is 0 Å². The van der Waals surface area contributed by atoms with Crippen molar-refractivity contribution in [2.75, 3.05) is 31.5 Å². The van der Waals surface area contributed by atoms with Gasteiger partial charge < -0.3 is 15.5 Å². The summed E-state index contributed by atoms with van der Waals surface area (Å²) in [5.74, 6) is 0.708. The molecule has 1 aliphatic carbocycles. The number of rotatable bonds is 3. The first-order chi connectivity index (χ1) is 13.2. The Morgan fingerprint density at radius 2 is 1.74 bits per heavy atom. The Morgan fingerprint density at radius 3 is 2.48 bits per heavy atom. The van der Waals surface area contributed by atoms with Crippen molar-refractivity contribution in [3.63, 3.8) is 0 Å². The average molecular weight is 370 g/mol. The number of benzene rings is 1. The quantitative estimate of drug-likeness (QED) is 0.858. The Bertz CT molecular complexity index is 679. The van der Waals surface area contributed by atoms with Gasteiger partial charge in [0.1, 0.15) is 0 Å². The van der Waals surface area contributed by atoms with E-state index in [1.54, 1.807) is 0 Å². The van der Waals surface area contributed by atoms with Crippen LogP contribution in [0.25, 0.3) is 0 Å². The van der Waals surface area contributed by atoms with Gasteiger partial charge in [0.2, 0.25) is 5.91 Å². The van der Waals surface area contributed by atoms with Crippen LogP contribution in [0.2, 0.25) is 0 Å². The lowest BCUT2D eigenvalue weighted by Crippen LogP contribution is -2.44. The van der Waals surface area contributed by atoms with Crippen LogP contribution < -0.4 is 10.6 Å². The summed E-state index contributed by atoms with van der Waals surface area (Å²) in [5, 5.41) is 6.55. The number of likely N-dealkylation sites (tertiary alicyclic amines) is 1. The van der Waals surface area contributed by atoms with Gasteiger partial charge in [-0.2, -0.15) is 0 Å². The molecular formula is C22H31N3O2. The molecule has 146 valence electrons. The number of hydrogen-bond donors (Lipinski definition) is 2. The van der Waals surface area contributed by atoms with E-state index in [1.807, 2.05) is 29.2 Å². The minimum Gasteiger partial charge on any atom is -0.339 e. The van der Waals surface area contributed by atoms with E-state index in [1.165, 1.54) is 19.3 Å². The van der Waals surface area contributed by atoms with Crippen molar-refractivity contribution < 1.29 is 9.59 Å². The number of fused-ring (bicyclic) bond motifs is 1. The molecule has 0 radical (unpaired) electrons. The highest BCUT2D eigenvalue weighted by molar-refractivity contribution is 5.98. The van der Waals surface area contributed by atoms with Crippen molar-refractivity contribution in [1.82, 2.24) is 10.2 Å². The number of carbonyl (C=O) groups is 2. The highest BCUT2D eigenvalue weighted by atomic mass is 16.2. The summed E-state index contributed by atoms with van der Waals surface area (Å²) in [5.41, 5.74) is 1.25. The number of hydrogen-bond acceptors (Lipinski definition) is 3. The lowest BCUT2D eigenvalue weighted by atomic mass is 9.67. The monoisotopic (exact) mass is 369 g/mol. The van der Waals surface area contributed by atoms with Crippen LogP contribution in [0.15, 0.2) is 24.3 Å². The second-order valence-electron chi connectivity index (χ2n) is 8.47. The van der Waals surface area contributed by atoms with Gasteiger partial charge in [-0.3, -0.25) is 9.59 Å². The SMILES string of the molecule is O=C(c1ccc(NC(=O)[C@@]23CCCC[C@H]2CNC3)cc1)N1CCCCCC1. The van der Waals surface area contributed by atoms with E-state index in [-0.39, 0.29) is 17.2 Å². The van der Waals surface area contributed by atoms with E-state index in [0.29, 0.717) is 11.5 Å². The topological polar surface area (TPSA) is 61.4 Å². The van der Waals surface area contributed by atoms with Crippen molar-refractivity contribution >= 4 is 17.5 Å². The summed E-state index contributed by atoms with van der Waals surface area (Å²) in [6.07, 6.45) is 9.10. The molecule has 2 N–H and O–H groups in total. The Hall–Kier alpha value is -1.88. The van der Waals surface area contributed by atoms with Gasteiger partial charge >= 0.3 is 0 Å². The summed E-state index contributed by atoms with van der Waals surface area (Å²) in [6, 6.07) is 7.46. The van der Waals surface area contributed by atoms with Crippen LogP contribution in [-0.2, 0) is 4.79 Å². The first-order valence-electron chi connectivity index (χ1n) is 10.6. The predicted octanol–water partition coefficient (Wildman–Crippen LogP) is 3.42. The highest BCUT2D eigenvalue weighted by Gasteiger charge is 2.49. The Balaban J connectivity index is 1.41. The number of nitrogens with zero attached hydrogens (tertiary/aromatic N) is 1. The number of nitrogens with one attached hydrogen (secondary N) is 2. The maximum atomic E-state index is 13.0. The molecule has 1 aromatic carbocycles. The fourth-order valence-corrected chi connectivity index (χ4v) is 5.10. The fraction of sp³-hybridized carbons (Fsp3) is 0.636.